The topological polar surface area (TPSA) is 33.0 Å². The van der Waals surface area contributed by atoms with E-state index in [1.807, 2.05) is 18.2 Å². The zero-order valence-corrected chi connectivity index (χ0v) is 17.0. The molecule has 0 atom stereocenters. The average molecular weight is 398 g/mol. The third kappa shape index (κ3) is 5.79. The van der Waals surface area contributed by atoms with E-state index in [1.54, 1.807) is 0 Å². The molecule has 1 fully saturated rings. The van der Waals surface area contributed by atoms with Crippen molar-refractivity contribution in [1.29, 1.82) is 5.26 Å². The van der Waals surface area contributed by atoms with Crippen LogP contribution in [0, 0.1) is 17.2 Å². The molecule has 1 aliphatic rings. The third-order valence-electron chi connectivity index (χ3n) is 6.01. The van der Waals surface area contributed by atoms with Gasteiger partial charge in [-0.3, -0.25) is 0 Å². The van der Waals surface area contributed by atoms with Gasteiger partial charge >= 0.3 is 6.11 Å². The second-order valence-corrected chi connectivity index (χ2v) is 8.09. The molecule has 2 nitrogen and oxygen atoms in total. The molecule has 3 rings (SSSR count). The Morgan fingerprint density at radius 3 is 2.21 bits per heavy atom. The van der Waals surface area contributed by atoms with Crippen molar-refractivity contribution >= 4 is 0 Å². The van der Waals surface area contributed by atoms with Crippen LogP contribution in [0.15, 0.2) is 48.5 Å². The van der Waals surface area contributed by atoms with E-state index >= 15 is 0 Å². The molecule has 0 N–H and O–H groups in total. The molecule has 1 aliphatic carbocycles. The Labute approximate surface area is 172 Å². The lowest BCUT2D eigenvalue weighted by Crippen LogP contribution is -2.22. The summed E-state index contributed by atoms with van der Waals surface area (Å²) in [7, 11) is 0. The SMILES string of the molecule is CCCCC[C@H]1CC[C@H](c2ccc(C(F)(F)Oc3ccc(C#N)cc3)cc2)CC1. The van der Waals surface area contributed by atoms with Crippen molar-refractivity contribution in [2.45, 2.75) is 70.3 Å². The Balaban J connectivity index is 1.57. The smallest absolute Gasteiger partial charge is 0.426 e. The number of benzene rings is 2. The Morgan fingerprint density at radius 1 is 0.966 bits per heavy atom. The number of halogens is 2. The van der Waals surface area contributed by atoms with Gasteiger partial charge < -0.3 is 4.74 Å². The van der Waals surface area contributed by atoms with Crippen molar-refractivity contribution < 1.29 is 13.5 Å². The number of rotatable bonds is 8. The van der Waals surface area contributed by atoms with E-state index in [-0.39, 0.29) is 11.3 Å². The highest BCUT2D eigenvalue weighted by atomic mass is 19.3. The van der Waals surface area contributed by atoms with E-state index in [9.17, 15) is 8.78 Å². The third-order valence-corrected chi connectivity index (χ3v) is 6.01. The summed E-state index contributed by atoms with van der Waals surface area (Å²) in [6.45, 7) is 2.24. The van der Waals surface area contributed by atoms with Crippen LogP contribution in [0.1, 0.15) is 80.9 Å². The lowest BCUT2D eigenvalue weighted by molar-refractivity contribution is -0.185. The van der Waals surface area contributed by atoms with Crippen LogP contribution in [0.3, 0.4) is 0 Å². The van der Waals surface area contributed by atoms with Gasteiger partial charge in [0, 0.05) is 0 Å². The first kappa shape index (κ1) is 21.3. The number of alkyl halides is 2. The Kier molecular flexibility index (Phi) is 7.25. The standard InChI is InChI=1S/C25H29F2NO/c1-2-3-4-5-19-6-10-21(11-7-19)22-12-14-23(15-13-22)25(26,27)29-24-16-8-20(18-28)9-17-24/h8-9,12-17,19,21H,2-7,10-11H2,1H3/t19-,21-. The lowest BCUT2D eigenvalue weighted by atomic mass is 9.77. The summed E-state index contributed by atoms with van der Waals surface area (Å²) in [6, 6.07) is 14.3. The van der Waals surface area contributed by atoms with Gasteiger partial charge in [-0.05, 0) is 79.5 Å². The predicted octanol–water partition coefficient (Wildman–Crippen LogP) is 7.54. The van der Waals surface area contributed by atoms with Crippen LogP contribution in [0.5, 0.6) is 5.75 Å². The minimum atomic E-state index is -3.41. The van der Waals surface area contributed by atoms with E-state index < -0.39 is 6.11 Å². The number of ether oxygens (including phenoxy) is 1. The maximum atomic E-state index is 14.5. The minimum absolute atomic E-state index is 0.0412. The fraction of sp³-hybridized carbons (Fsp3) is 0.480. The average Bonchev–Trinajstić information content (AvgIpc) is 2.75. The number of nitrogens with zero attached hydrogens (tertiary/aromatic N) is 1. The second-order valence-electron chi connectivity index (χ2n) is 8.09. The van der Waals surface area contributed by atoms with Gasteiger partial charge in [0.1, 0.15) is 5.75 Å². The molecule has 2 aromatic rings. The van der Waals surface area contributed by atoms with Crippen LogP contribution in [0.25, 0.3) is 0 Å². The fourth-order valence-electron chi connectivity index (χ4n) is 4.22. The summed E-state index contributed by atoms with van der Waals surface area (Å²) < 4.78 is 33.9. The molecule has 1 saturated carbocycles. The van der Waals surface area contributed by atoms with Gasteiger partial charge in [0.25, 0.3) is 0 Å². The second kappa shape index (κ2) is 9.87. The first-order valence-electron chi connectivity index (χ1n) is 10.7. The van der Waals surface area contributed by atoms with E-state index in [1.165, 1.54) is 74.9 Å². The molecule has 2 aromatic carbocycles. The van der Waals surface area contributed by atoms with Crippen molar-refractivity contribution in [3.63, 3.8) is 0 Å². The molecule has 0 radical (unpaired) electrons. The first-order valence-corrected chi connectivity index (χ1v) is 10.7. The summed E-state index contributed by atoms with van der Waals surface area (Å²) >= 11 is 0. The van der Waals surface area contributed by atoms with Crippen LogP contribution in [-0.4, -0.2) is 0 Å². The van der Waals surface area contributed by atoms with Crippen molar-refractivity contribution in [3.05, 3.63) is 65.2 Å². The summed E-state index contributed by atoms with van der Waals surface area (Å²) in [6.07, 6.45) is 6.61. The van der Waals surface area contributed by atoms with Gasteiger partial charge in [0.05, 0.1) is 17.2 Å². The van der Waals surface area contributed by atoms with E-state index in [2.05, 4.69) is 6.92 Å². The van der Waals surface area contributed by atoms with Crippen LogP contribution in [0.4, 0.5) is 8.78 Å². The Bertz CT molecular complexity index is 800. The number of hydrogen-bond acceptors (Lipinski definition) is 2. The van der Waals surface area contributed by atoms with Crippen molar-refractivity contribution in [2.24, 2.45) is 5.92 Å². The minimum Gasteiger partial charge on any atom is -0.429 e. The molecule has 4 heteroatoms. The molecule has 0 saturated heterocycles. The summed E-state index contributed by atoms with van der Waals surface area (Å²) in [5.41, 5.74) is 1.40. The van der Waals surface area contributed by atoms with Crippen LogP contribution >= 0.6 is 0 Å². The van der Waals surface area contributed by atoms with Crippen LogP contribution in [-0.2, 0) is 6.11 Å². The zero-order chi connectivity index (χ0) is 20.7. The zero-order valence-electron chi connectivity index (χ0n) is 17.0. The summed E-state index contributed by atoms with van der Waals surface area (Å²) in [4.78, 5) is 0. The van der Waals surface area contributed by atoms with Crippen molar-refractivity contribution in [3.8, 4) is 11.8 Å². The normalized spacial score (nSPS) is 19.5. The number of hydrogen-bond donors (Lipinski definition) is 0. The molecule has 0 heterocycles. The Morgan fingerprint density at radius 2 is 1.62 bits per heavy atom. The van der Waals surface area contributed by atoms with E-state index in [0.29, 0.717) is 11.5 Å². The van der Waals surface area contributed by atoms with Gasteiger partial charge in [-0.2, -0.15) is 14.0 Å². The molecule has 29 heavy (non-hydrogen) atoms. The van der Waals surface area contributed by atoms with Gasteiger partial charge in [-0.15, -0.1) is 0 Å². The van der Waals surface area contributed by atoms with Gasteiger partial charge in [0.15, 0.2) is 0 Å². The number of nitriles is 1. The summed E-state index contributed by atoms with van der Waals surface area (Å²) in [5, 5.41) is 8.80. The molecule has 0 bridgehead atoms. The van der Waals surface area contributed by atoms with Gasteiger partial charge in [-0.1, -0.05) is 44.7 Å². The molecule has 0 aliphatic heterocycles. The first-order chi connectivity index (χ1) is 14.0. The number of unbranched alkanes of at least 4 members (excludes halogenated alkanes) is 2. The molecule has 0 aromatic heterocycles. The monoisotopic (exact) mass is 397 g/mol. The van der Waals surface area contributed by atoms with Crippen LogP contribution in [0.2, 0.25) is 0 Å². The molecule has 0 unspecified atom stereocenters. The van der Waals surface area contributed by atoms with Crippen molar-refractivity contribution in [2.75, 3.05) is 0 Å². The van der Waals surface area contributed by atoms with E-state index in [0.717, 1.165) is 24.3 Å². The van der Waals surface area contributed by atoms with Gasteiger partial charge in [0.2, 0.25) is 0 Å². The highest BCUT2D eigenvalue weighted by Crippen LogP contribution is 2.39. The van der Waals surface area contributed by atoms with Crippen LogP contribution < -0.4 is 4.74 Å². The highest BCUT2D eigenvalue weighted by molar-refractivity contribution is 5.35. The molecule has 0 spiro atoms. The molecular weight excluding hydrogens is 368 g/mol. The van der Waals surface area contributed by atoms with E-state index in [4.69, 9.17) is 10.00 Å². The Hall–Kier alpha value is -2.41. The fourth-order valence-corrected chi connectivity index (χ4v) is 4.22. The predicted molar refractivity (Wildman–Crippen MR) is 111 cm³/mol. The summed E-state index contributed by atoms with van der Waals surface area (Å²) in [5.74, 6) is 1.35. The molecule has 0 amide bonds. The van der Waals surface area contributed by atoms with Crippen molar-refractivity contribution in [1.82, 2.24) is 0 Å². The molecule has 154 valence electrons. The largest absolute Gasteiger partial charge is 0.429 e. The quantitative estimate of drug-likeness (QED) is 0.431. The maximum absolute atomic E-state index is 14.5. The highest BCUT2D eigenvalue weighted by Gasteiger charge is 2.34. The molecular formula is C25H29F2NO. The lowest BCUT2D eigenvalue weighted by Gasteiger charge is -2.29. The van der Waals surface area contributed by atoms with Gasteiger partial charge in [-0.25, -0.2) is 0 Å². The maximum Gasteiger partial charge on any atom is 0.426 e.